The summed E-state index contributed by atoms with van der Waals surface area (Å²) >= 11 is 0. The predicted molar refractivity (Wildman–Crippen MR) is 103 cm³/mol. The molecule has 1 N–H and O–H groups in total. The highest BCUT2D eigenvalue weighted by atomic mass is 32.2. The van der Waals surface area contributed by atoms with E-state index in [9.17, 15) is 13.2 Å². The number of rotatable bonds is 11. The molecule has 0 bridgehead atoms. The monoisotopic (exact) mass is 380 g/mol. The highest BCUT2D eigenvalue weighted by Crippen LogP contribution is 2.20. The molecule has 0 aromatic heterocycles. The minimum absolute atomic E-state index is 0.146. The second kappa shape index (κ2) is 10.3. The summed E-state index contributed by atoms with van der Waals surface area (Å²) < 4.78 is 27.9. The van der Waals surface area contributed by atoms with Crippen LogP contribution in [0.1, 0.15) is 24.8 Å². The van der Waals surface area contributed by atoms with Crippen molar-refractivity contribution in [2.24, 2.45) is 5.92 Å². The number of carbonyl (C=O) groups is 1. The topological polar surface area (TPSA) is 75.7 Å². The number of hydrogen-bond acceptors (Lipinski definition) is 4. The Kier molecular flexibility index (Phi) is 8.71. The van der Waals surface area contributed by atoms with Gasteiger partial charge in [-0.2, -0.15) is 0 Å². The highest BCUT2D eigenvalue weighted by molar-refractivity contribution is 7.89. The molecule has 0 aliphatic heterocycles. The van der Waals surface area contributed by atoms with Gasteiger partial charge < -0.3 is 0 Å². The molecule has 0 saturated carbocycles. The normalized spacial score (nSPS) is 13.7. The Morgan fingerprint density at radius 1 is 1.31 bits per heavy atom. The average Bonchev–Trinajstić information content (AvgIpc) is 2.63. The molecule has 0 spiro atoms. The summed E-state index contributed by atoms with van der Waals surface area (Å²) in [6.45, 7) is 9.26. The summed E-state index contributed by atoms with van der Waals surface area (Å²) in [4.78, 5) is 17.7. The maximum absolute atomic E-state index is 12.7. The largest absolute Gasteiger partial charge is 0.275 e. The second-order valence-corrected chi connectivity index (χ2v) is 7.75. The molecule has 26 heavy (non-hydrogen) atoms. The van der Waals surface area contributed by atoms with Gasteiger partial charge in [-0.25, -0.2) is 18.2 Å². The van der Waals surface area contributed by atoms with Gasteiger partial charge in [0.1, 0.15) is 0 Å². The molecule has 0 aliphatic rings. The zero-order valence-corrected chi connectivity index (χ0v) is 16.5. The predicted octanol–water partition coefficient (Wildman–Crippen LogP) is 2.82. The van der Waals surface area contributed by atoms with Crippen molar-refractivity contribution in [1.82, 2.24) is 9.79 Å². The van der Waals surface area contributed by atoms with E-state index in [0.29, 0.717) is 12.8 Å². The third kappa shape index (κ3) is 6.09. The number of amides is 1. The SMILES string of the molecule is C=CCCC[C@@H](C(=O)N(C)OC)[C@H](C=C)NS(=O)(=O)c1ccc(C)cc1. The Bertz CT molecular complexity index is 714. The van der Waals surface area contributed by atoms with Crippen molar-refractivity contribution in [3.05, 3.63) is 55.1 Å². The van der Waals surface area contributed by atoms with E-state index in [2.05, 4.69) is 17.9 Å². The Hall–Kier alpha value is -1.96. The lowest BCUT2D eigenvalue weighted by Crippen LogP contribution is -2.46. The third-order valence-electron chi connectivity index (χ3n) is 4.13. The van der Waals surface area contributed by atoms with Crippen molar-refractivity contribution in [2.75, 3.05) is 14.2 Å². The molecule has 1 amide bonds. The van der Waals surface area contributed by atoms with Crippen molar-refractivity contribution in [2.45, 2.75) is 37.1 Å². The van der Waals surface area contributed by atoms with Crippen LogP contribution < -0.4 is 4.72 Å². The molecule has 0 unspecified atom stereocenters. The van der Waals surface area contributed by atoms with Crippen LogP contribution in [0.4, 0.5) is 0 Å². The van der Waals surface area contributed by atoms with Gasteiger partial charge in [0.25, 0.3) is 5.91 Å². The van der Waals surface area contributed by atoms with Crippen molar-refractivity contribution >= 4 is 15.9 Å². The molecule has 7 heteroatoms. The number of nitrogens with zero attached hydrogens (tertiary/aromatic N) is 1. The van der Waals surface area contributed by atoms with E-state index in [4.69, 9.17) is 4.84 Å². The first-order chi connectivity index (χ1) is 12.3. The van der Waals surface area contributed by atoms with Gasteiger partial charge in [0.2, 0.25) is 10.0 Å². The summed E-state index contributed by atoms with van der Waals surface area (Å²) in [5, 5.41) is 1.11. The number of hydrogen-bond donors (Lipinski definition) is 1. The van der Waals surface area contributed by atoms with E-state index in [0.717, 1.165) is 17.0 Å². The van der Waals surface area contributed by atoms with Crippen molar-refractivity contribution in [1.29, 1.82) is 0 Å². The lowest BCUT2D eigenvalue weighted by atomic mass is 9.93. The van der Waals surface area contributed by atoms with E-state index in [1.54, 1.807) is 18.2 Å². The smallest absolute Gasteiger partial charge is 0.250 e. The number of unbranched alkanes of at least 4 members (excludes halogenated alkanes) is 1. The standard InChI is InChI=1S/C19H28N2O4S/c1-6-8-9-10-17(19(22)21(4)25-5)18(7-2)20-26(23,24)16-13-11-15(3)12-14-16/h6-7,11-14,17-18,20H,1-2,8-10H2,3-5H3/t17-,18+/m1/s1. The summed E-state index contributed by atoms with van der Waals surface area (Å²) in [6, 6.07) is 5.77. The first kappa shape index (κ1) is 22.1. The molecule has 0 radical (unpaired) electrons. The molecular formula is C19H28N2O4S. The number of allylic oxidation sites excluding steroid dienone is 1. The van der Waals surface area contributed by atoms with Gasteiger partial charge in [-0.15, -0.1) is 13.2 Å². The highest BCUT2D eigenvalue weighted by Gasteiger charge is 2.32. The van der Waals surface area contributed by atoms with Crippen LogP contribution in [0.2, 0.25) is 0 Å². The molecule has 0 heterocycles. The van der Waals surface area contributed by atoms with Gasteiger partial charge in [-0.1, -0.05) is 29.8 Å². The van der Waals surface area contributed by atoms with Gasteiger partial charge in [0.15, 0.2) is 0 Å². The van der Waals surface area contributed by atoms with Gasteiger partial charge in [-0.3, -0.25) is 9.63 Å². The maximum atomic E-state index is 12.7. The lowest BCUT2D eigenvalue weighted by Gasteiger charge is -2.27. The van der Waals surface area contributed by atoms with Crippen LogP contribution in [0.3, 0.4) is 0 Å². The molecular weight excluding hydrogens is 352 g/mol. The molecule has 144 valence electrons. The molecule has 0 saturated heterocycles. The zero-order valence-electron chi connectivity index (χ0n) is 15.6. The fourth-order valence-electron chi connectivity index (χ4n) is 2.52. The van der Waals surface area contributed by atoms with E-state index < -0.39 is 22.0 Å². The van der Waals surface area contributed by atoms with Crippen LogP contribution in [-0.2, 0) is 19.7 Å². The number of sulfonamides is 1. The molecule has 1 rings (SSSR count). The minimum atomic E-state index is -3.78. The summed E-state index contributed by atoms with van der Waals surface area (Å²) in [7, 11) is -0.898. The van der Waals surface area contributed by atoms with E-state index in [1.807, 2.05) is 6.92 Å². The Balaban J connectivity index is 3.07. The van der Waals surface area contributed by atoms with E-state index >= 15 is 0 Å². The van der Waals surface area contributed by atoms with E-state index in [1.165, 1.54) is 32.4 Å². The van der Waals surface area contributed by atoms with Crippen molar-refractivity contribution in [3.8, 4) is 0 Å². The second-order valence-electron chi connectivity index (χ2n) is 6.04. The number of aryl methyl sites for hydroxylation is 1. The fraction of sp³-hybridized carbons (Fsp3) is 0.421. The molecule has 1 aromatic rings. The molecule has 2 atom stereocenters. The fourth-order valence-corrected chi connectivity index (χ4v) is 3.77. The third-order valence-corrected chi connectivity index (χ3v) is 5.61. The maximum Gasteiger partial charge on any atom is 0.250 e. The van der Waals surface area contributed by atoms with Gasteiger partial charge in [-0.05, 0) is 38.3 Å². The van der Waals surface area contributed by atoms with Gasteiger partial charge >= 0.3 is 0 Å². The zero-order chi connectivity index (χ0) is 19.7. The Labute approximate surface area is 156 Å². The number of hydroxylamine groups is 2. The number of benzene rings is 1. The van der Waals surface area contributed by atoms with Gasteiger partial charge in [0.05, 0.1) is 24.0 Å². The molecule has 6 nitrogen and oxygen atoms in total. The lowest BCUT2D eigenvalue weighted by molar-refractivity contribution is -0.174. The summed E-state index contributed by atoms with van der Waals surface area (Å²) in [5.74, 6) is -0.939. The van der Waals surface area contributed by atoms with Crippen LogP contribution >= 0.6 is 0 Å². The van der Waals surface area contributed by atoms with Crippen molar-refractivity contribution < 1.29 is 18.0 Å². The van der Waals surface area contributed by atoms with Gasteiger partial charge in [0, 0.05) is 7.05 Å². The van der Waals surface area contributed by atoms with Crippen LogP contribution in [0, 0.1) is 12.8 Å². The quantitative estimate of drug-likeness (QED) is 0.364. The van der Waals surface area contributed by atoms with Crippen LogP contribution in [-0.4, -0.2) is 39.6 Å². The van der Waals surface area contributed by atoms with Crippen LogP contribution in [0.15, 0.2) is 54.5 Å². The molecule has 0 fully saturated rings. The first-order valence-corrected chi connectivity index (χ1v) is 9.89. The van der Waals surface area contributed by atoms with Crippen LogP contribution in [0.5, 0.6) is 0 Å². The summed E-state index contributed by atoms with van der Waals surface area (Å²) in [6.07, 6.45) is 5.13. The Morgan fingerprint density at radius 2 is 1.92 bits per heavy atom. The number of carbonyl (C=O) groups excluding carboxylic acids is 1. The first-order valence-electron chi connectivity index (χ1n) is 8.41. The molecule has 0 aliphatic carbocycles. The molecule has 1 aromatic carbocycles. The van der Waals surface area contributed by atoms with Crippen molar-refractivity contribution in [3.63, 3.8) is 0 Å². The van der Waals surface area contributed by atoms with Crippen LogP contribution in [0.25, 0.3) is 0 Å². The Morgan fingerprint density at radius 3 is 2.42 bits per heavy atom. The number of nitrogens with one attached hydrogen (secondary N) is 1. The summed E-state index contributed by atoms with van der Waals surface area (Å²) in [5.41, 5.74) is 0.961. The average molecular weight is 381 g/mol. The van der Waals surface area contributed by atoms with E-state index in [-0.39, 0.29) is 10.8 Å². The minimum Gasteiger partial charge on any atom is -0.275 e.